The first-order valence-electron chi connectivity index (χ1n) is 9.48. The molecule has 8 heteroatoms. The molecule has 2 N–H and O–H groups in total. The number of hydrogen-bond donors (Lipinski definition) is 2. The van der Waals surface area contributed by atoms with Crippen LogP contribution >= 0.6 is 15.9 Å². The van der Waals surface area contributed by atoms with Gasteiger partial charge in [-0.15, -0.1) is 0 Å². The number of carbonyl (C=O) groups excluding carboxylic acids is 2. The van der Waals surface area contributed by atoms with Crippen LogP contribution in [0, 0.1) is 5.92 Å². The summed E-state index contributed by atoms with van der Waals surface area (Å²) in [6.07, 6.45) is 3.93. The maximum Gasteiger partial charge on any atom is 0.247 e. The highest BCUT2D eigenvalue weighted by molar-refractivity contribution is 9.10. The minimum atomic E-state index is -0.363. The number of nitrogens with zero attached hydrogens (tertiary/aromatic N) is 2. The average Bonchev–Trinajstić information content (AvgIpc) is 3.41. The lowest BCUT2D eigenvalue weighted by Gasteiger charge is -2.32. The lowest BCUT2D eigenvalue weighted by molar-refractivity contribution is -0.145. The molecular weight excluding hydrogens is 424 g/mol. The van der Waals surface area contributed by atoms with Crippen molar-refractivity contribution in [1.82, 2.24) is 20.4 Å². The van der Waals surface area contributed by atoms with Gasteiger partial charge in [0.1, 0.15) is 5.82 Å². The molecule has 0 spiro atoms. The maximum atomic E-state index is 13.2. The van der Waals surface area contributed by atoms with E-state index in [-0.39, 0.29) is 36.0 Å². The lowest BCUT2D eigenvalue weighted by Crippen LogP contribution is -2.52. The molecule has 0 aliphatic carbocycles. The Morgan fingerprint density at radius 2 is 2.04 bits per heavy atom. The predicted octanol–water partition coefficient (Wildman–Crippen LogP) is 3.00. The number of aromatic nitrogens is 2. The summed E-state index contributed by atoms with van der Waals surface area (Å²) in [4.78, 5) is 32.2. The molecule has 3 heterocycles. The second-order valence-corrected chi connectivity index (χ2v) is 8.50. The van der Waals surface area contributed by atoms with E-state index >= 15 is 0 Å². The van der Waals surface area contributed by atoms with Gasteiger partial charge in [0.15, 0.2) is 0 Å². The van der Waals surface area contributed by atoms with Crippen LogP contribution in [-0.4, -0.2) is 45.5 Å². The van der Waals surface area contributed by atoms with Crippen molar-refractivity contribution in [3.8, 4) is 11.3 Å². The molecule has 148 valence electrons. The van der Waals surface area contributed by atoms with Gasteiger partial charge in [-0.2, -0.15) is 0 Å². The molecule has 2 aromatic rings. The molecule has 1 aromatic carbocycles. The van der Waals surface area contributed by atoms with Crippen molar-refractivity contribution in [2.24, 2.45) is 5.92 Å². The monoisotopic (exact) mass is 446 g/mol. The van der Waals surface area contributed by atoms with E-state index in [0.717, 1.165) is 34.4 Å². The Bertz CT molecular complexity index is 867. The second-order valence-electron chi connectivity index (χ2n) is 7.58. The van der Waals surface area contributed by atoms with Crippen LogP contribution in [0.3, 0.4) is 0 Å². The van der Waals surface area contributed by atoms with E-state index < -0.39 is 0 Å². The Labute approximate surface area is 172 Å². The summed E-state index contributed by atoms with van der Waals surface area (Å²) >= 11 is 3.45. The normalized spacial score (nSPS) is 25.9. The number of nitrogens with one attached hydrogen (secondary N) is 2. The van der Waals surface area contributed by atoms with E-state index in [1.54, 1.807) is 6.20 Å². The van der Waals surface area contributed by atoms with E-state index in [0.29, 0.717) is 6.41 Å². The van der Waals surface area contributed by atoms with Gasteiger partial charge in [0, 0.05) is 10.5 Å². The Kier molecular flexibility index (Phi) is 5.25. The third-order valence-electron chi connectivity index (χ3n) is 5.57. The van der Waals surface area contributed by atoms with Crippen molar-refractivity contribution in [1.29, 1.82) is 0 Å². The average molecular weight is 447 g/mol. The smallest absolute Gasteiger partial charge is 0.247 e. The van der Waals surface area contributed by atoms with E-state index in [9.17, 15) is 9.59 Å². The zero-order valence-corrected chi connectivity index (χ0v) is 17.3. The SMILES string of the molecule is CC(C)N(NC=O)C(=O)C1C2CCC(O2)C1c1ncc(-c2ccc(Br)cc2)[nH]1. The van der Waals surface area contributed by atoms with Crippen molar-refractivity contribution in [2.45, 2.75) is 50.9 Å². The van der Waals surface area contributed by atoms with E-state index in [1.165, 1.54) is 5.01 Å². The number of imidazole rings is 1. The summed E-state index contributed by atoms with van der Waals surface area (Å²) in [5.74, 6) is 0.127. The highest BCUT2D eigenvalue weighted by Crippen LogP contribution is 2.49. The van der Waals surface area contributed by atoms with Crippen LogP contribution < -0.4 is 5.43 Å². The highest BCUT2D eigenvalue weighted by Gasteiger charge is 2.55. The van der Waals surface area contributed by atoms with Gasteiger partial charge in [-0.25, -0.2) is 4.98 Å². The number of H-pyrrole nitrogens is 1. The maximum absolute atomic E-state index is 13.2. The van der Waals surface area contributed by atoms with Gasteiger partial charge in [-0.05, 0) is 44.4 Å². The van der Waals surface area contributed by atoms with Gasteiger partial charge in [-0.1, -0.05) is 28.1 Å². The summed E-state index contributed by atoms with van der Waals surface area (Å²) in [7, 11) is 0. The zero-order valence-electron chi connectivity index (χ0n) is 15.8. The molecule has 0 saturated carbocycles. The van der Waals surface area contributed by atoms with Crippen LogP contribution in [0.4, 0.5) is 0 Å². The van der Waals surface area contributed by atoms with Crippen molar-refractivity contribution in [2.75, 3.05) is 0 Å². The van der Waals surface area contributed by atoms with Crippen molar-refractivity contribution < 1.29 is 14.3 Å². The summed E-state index contributed by atoms with van der Waals surface area (Å²) in [6, 6.07) is 7.83. The molecule has 4 rings (SSSR count). The first-order chi connectivity index (χ1) is 13.5. The first-order valence-corrected chi connectivity index (χ1v) is 10.3. The Hall–Kier alpha value is -2.19. The summed E-state index contributed by atoms with van der Waals surface area (Å²) < 4.78 is 7.10. The molecule has 2 aliphatic heterocycles. The fraction of sp³-hybridized carbons (Fsp3) is 0.450. The highest BCUT2D eigenvalue weighted by atomic mass is 79.9. The fourth-order valence-electron chi connectivity index (χ4n) is 4.31. The van der Waals surface area contributed by atoms with Crippen LogP contribution in [0.2, 0.25) is 0 Å². The number of rotatable bonds is 6. The molecule has 7 nitrogen and oxygen atoms in total. The van der Waals surface area contributed by atoms with Crippen LogP contribution in [0.5, 0.6) is 0 Å². The molecule has 2 fully saturated rings. The van der Waals surface area contributed by atoms with E-state index in [1.807, 2.05) is 38.1 Å². The molecular formula is C20H23BrN4O3. The number of hydrazine groups is 1. The Morgan fingerprint density at radius 3 is 2.71 bits per heavy atom. The number of aromatic amines is 1. The largest absolute Gasteiger partial charge is 0.373 e. The van der Waals surface area contributed by atoms with Crippen molar-refractivity contribution >= 4 is 28.2 Å². The summed E-state index contributed by atoms with van der Waals surface area (Å²) in [5, 5.41) is 1.40. The molecule has 2 saturated heterocycles. The standard InChI is InChI=1S/C20H23BrN4O3/c1-11(2)25(23-10-26)20(27)18-16-8-7-15(28-16)17(18)19-22-9-14(24-19)12-3-5-13(21)6-4-12/h3-6,9-11,15-18H,7-8H2,1-2H3,(H,22,24)(H,23,26). The summed E-state index contributed by atoms with van der Waals surface area (Å²) in [6.45, 7) is 3.74. The molecule has 2 aliphatic rings. The van der Waals surface area contributed by atoms with Crippen LogP contribution in [0.1, 0.15) is 38.4 Å². The molecule has 2 amide bonds. The van der Waals surface area contributed by atoms with Gasteiger partial charge in [0.2, 0.25) is 12.3 Å². The van der Waals surface area contributed by atoms with Gasteiger partial charge in [0.25, 0.3) is 0 Å². The minimum Gasteiger partial charge on any atom is -0.373 e. The molecule has 2 bridgehead atoms. The van der Waals surface area contributed by atoms with Crippen molar-refractivity contribution in [3.05, 3.63) is 40.8 Å². The number of ether oxygens (including phenoxy) is 1. The molecule has 1 aromatic heterocycles. The third kappa shape index (κ3) is 3.35. The number of halogens is 1. The van der Waals surface area contributed by atoms with Gasteiger partial charge in [-0.3, -0.25) is 20.0 Å². The number of fused-ring (bicyclic) bond motifs is 2. The van der Waals surface area contributed by atoms with Gasteiger partial charge < -0.3 is 9.72 Å². The summed E-state index contributed by atoms with van der Waals surface area (Å²) in [5.41, 5.74) is 4.47. The molecule has 4 atom stereocenters. The molecule has 0 radical (unpaired) electrons. The predicted molar refractivity (Wildman–Crippen MR) is 107 cm³/mol. The lowest BCUT2D eigenvalue weighted by atomic mass is 9.78. The molecule has 28 heavy (non-hydrogen) atoms. The minimum absolute atomic E-state index is 0.0342. The number of benzene rings is 1. The Morgan fingerprint density at radius 1 is 1.32 bits per heavy atom. The first kappa shape index (κ1) is 19.1. The topological polar surface area (TPSA) is 87.3 Å². The quantitative estimate of drug-likeness (QED) is 0.527. The van der Waals surface area contributed by atoms with Crippen LogP contribution in [0.15, 0.2) is 34.9 Å². The number of amides is 2. The van der Waals surface area contributed by atoms with Crippen molar-refractivity contribution in [3.63, 3.8) is 0 Å². The van der Waals surface area contributed by atoms with E-state index in [2.05, 4.69) is 31.3 Å². The third-order valence-corrected chi connectivity index (χ3v) is 6.10. The zero-order chi connectivity index (χ0) is 19.8. The van der Waals surface area contributed by atoms with Crippen LogP contribution in [-0.2, 0) is 14.3 Å². The second kappa shape index (κ2) is 7.67. The Balaban J connectivity index is 1.63. The van der Waals surface area contributed by atoms with Gasteiger partial charge in [0.05, 0.1) is 35.9 Å². The van der Waals surface area contributed by atoms with Gasteiger partial charge >= 0.3 is 0 Å². The fourth-order valence-corrected chi connectivity index (χ4v) is 4.57. The van der Waals surface area contributed by atoms with Crippen LogP contribution in [0.25, 0.3) is 11.3 Å². The molecule has 4 unspecified atom stereocenters. The number of carbonyl (C=O) groups is 2. The van der Waals surface area contributed by atoms with E-state index in [4.69, 9.17) is 4.74 Å². The number of hydrogen-bond acceptors (Lipinski definition) is 4.